The Morgan fingerprint density at radius 3 is 2.80 bits per heavy atom. The summed E-state index contributed by atoms with van der Waals surface area (Å²) in [5.41, 5.74) is 1.80. The van der Waals surface area contributed by atoms with Crippen molar-refractivity contribution in [2.45, 2.75) is 24.4 Å². The molecule has 1 aliphatic heterocycles. The molecule has 3 rings (SSSR count). The molecule has 2 heterocycles. The Morgan fingerprint density at radius 2 is 2.12 bits per heavy atom. The number of carbonyl (C=O) groups excluding carboxylic acids is 1. The molecule has 0 radical (unpaired) electrons. The third kappa shape index (κ3) is 4.21. The molecule has 1 aliphatic rings. The van der Waals surface area contributed by atoms with E-state index in [0.29, 0.717) is 17.4 Å². The van der Waals surface area contributed by atoms with Gasteiger partial charge in [0.2, 0.25) is 5.91 Å². The topological polar surface area (TPSA) is 94.0 Å². The molecule has 1 aromatic carbocycles. The van der Waals surface area contributed by atoms with E-state index in [9.17, 15) is 13.2 Å². The van der Waals surface area contributed by atoms with Gasteiger partial charge in [0.25, 0.3) is 0 Å². The first-order chi connectivity index (χ1) is 11.9. The molecule has 7 nitrogen and oxygen atoms in total. The molecule has 0 bridgehead atoms. The second-order valence-corrected chi connectivity index (χ2v) is 9.32. The number of aromatic nitrogens is 3. The highest BCUT2D eigenvalue weighted by molar-refractivity contribution is 7.99. The van der Waals surface area contributed by atoms with Crippen LogP contribution in [0.5, 0.6) is 0 Å². The van der Waals surface area contributed by atoms with E-state index in [4.69, 9.17) is 0 Å². The monoisotopic (exact) mass is 380 g/mol. The Bertz CT molecular complexity index is 893. The second-order valence-electron chi connectivity index (χ2n) is 6.15. The van der Waals surface area contributed by atoms with E-state index in [1.807, 2.05) is 38.2 Å². The summed E-state index contributed by atoms with van der Waals surface area (Å²) >= 11 is 1.29. The molecule has 1 atom stereocenters. The molecule has 1 amide bonds. The molecule has 1 N–H and O–H groups in total. The molecule has 1 saturated heterocycles. The van der Waals surface area contributed by atoms with Crippen molar-refractivity contribution in [2.24, 2.45) is 7.05 Å². The van der Waals surface area contributed by atoms with E-state index in [1.165, 1.54) is 11.8 Å². The Balaban J connectivity index is 1.61. The SMILES string of the molecule is Cc1ccccc1NC(=O)CSc1nnc([C@H]2CCS(=O)(=O)C2)n1C. The van der Waals surface area contributed by atoms with Gasteiger partial charge in [0.1, 0.15) is 5.82 Å². The van der Waals surface area contributed by atoms with Crippen molar-refractivity contribution in [3.63, 3.8) is 0 Å². The number of hydrogen-bond donors (Lipinski definition) is 1. The van der Waals surface area contributed by atoms with Gasteiger partial charge in [0, 0.05) is 18.7 Å². The Labute approximate surface area is 151 Å². The molecule has 25 heavy (non-hydrogen) atoms. The second kappa shape index (κ2) is 7.17. The molecule has 2 aromatic rings. The van der Waals surface area contributed by atoms with Crippen molar-refractivity contribution in [2.75, 3.05) is 22.6 Å². The van der Waals surface area contributed by atoms with Crippen molar-refractivity contribution in [3.8, 4) is 0 Å². The standard InChI is InChI=1S/C16H20N4O3S2/c1-11-5-3-4-6-13(11)17-14(21)9-24-16-19-18-15(20(16)2)12-7-8-25(22,23)10-12/h3-6,12H,7-10H2,1-2H3,(H,17,21)/t12-/m0/s1. The first-order valence-corrected chi connectivity index (χ1v) is 10.7. The molecular formula is C16H20N4O3S2. The van der Waals surface area contributed by atoms with Crippen LogP contribution in [0.3, 0.4) is 0 Å². The number of thioether (sulfide) groups is 1. The summed E-state index contributed by atoms with van der Waals surface area (Å²) in [5.74, 6) is 0.972. The quantitative estimate of drug-likeness (QED) is 0.795. The van der Waals surface area contributed by atoms with Crippen LogP contribution in [0.1, 0.15) is 23.7 Å². The molecule has 0 saturated carbocycles. The lowest BCUT2D eigenvalue weighted by molar-refractivity contribution is -0.113. The number of para-hydroxylation sites is 1. The minimum atomic E-state index is -2.97. The lowest BCUT2D eigenvalue weighted by Gasteiger charge is -2.09. The summed E-state index contributed by atoms with van der Waals surface area (Å²) in [6.07, 6.45) is 0.576. The van der Waals surface area contributed by atoms with Gasteiger partial charge in [-0.2, -0.15) is 0 Å². The Morgan fingerprint density at radius 1 is 1.36 bits per heavy atom. The number of hydrogen-bond acceptors (Lipinski definition) is 6. The summed E-state index contributed by atoms with van der Waals surface area (Å²) in [4.78, 5) is 12.1. The summed E-state index contributed by atoms with van der Waals surface area (Å²) in [6.45, 7) is 1.94. The maximum Gasteiger partial charge on any atom is 0.234 e. The fourth-order valence-corrected chi connectivity index (χ4v) is 5.29. The molecule has 0 aliphatic carbocycles. The fraction of sp³-hybridized carbons (Fsp3) is 0.438. The average Bonchev–Trinajstić information content (AvgIpc) is 3.10. The highest BCUT2D eigenvalue weighted by atomic mass is 32.2. The normalized spacial score (nSPS) is 19.0. The highest BCUT2D eigenvalue weighted by Gasteiger charge is 2.32. The van der Waals surface area contributed by atoms with Crippen LogP contribution in [-0.4, -0.2) is 46.3 Å². The van der Waals surface area contributed by atoms with Crippen molar-refractivity contribution in [1.29, 1.82) is 0 Å². The summed E-state index contributed by atoms with van der Waals surface area (Å²) in [6, 6.07) is 7.59. The van der Waals surface area contributed by atoms with Crippen LogP contribution in [0.15, 0.2) is 29.4 Å². The number of anilines is 1. The number of nitrogens with zero attached hydrogens (tertiary/aromatic N) is 3. The average molecular weight is 380 g/mol. The molecule has 0 spiro atoms. The number of carbonyl (C=O) groups is 1. The zero-order valence-corrected chi connectivity index (χ0v) is 15.7. The fourth-order valence-electron chi connectivity index (χ4n) is 2.84. The molecule has 0 unspecified atom stereocenters. The van der Waals surface area contributed by atoms with Gasteiger partial charge in [0.15, 0.2) is 15.0 Å². The number of sulfone groups is 1. The zero-order valence-electron chi connectivity index (χ0n) is 14.1. The number of amides is 1. The molecule has 134 valence electrons. The first-order valence-electron chi connectivity index (χ1n) is 7.94. The number of nitrogens with one attached hydrogen (secondary N) is 1. The minimum absolute atomic E-state index is 0.113. The van der Waals surface area contributed by atoms with Gasteiger partial charge in [-0.15, -0.1) is 10.2 Å². The van der Waals surface area contributed by atoms with Crippen molar-refractivity contribution in [3.05, 3.63) is 35.7 Å². The third-order valence-electron chi connectivity index (χ3n) is 4.22. The van der Waals surface area contributed by atoms with Crippen LogP contribution >= 0.6 is 11.8 Å². The summed E-state index contributed by atoms with van der Waals surface area (Å²) < 4.78 is 25.1. The third-order valence-corrected chi connectivity index (χ3v) is 7.01. The summed E-state index contributed by atoms with van der Waals surface area (Å²) in [5, 5.41) is 11.7. The van der Waals surface area contributed by atoms with Gasteiger partial charge in [0.05, 0.1) is 17.3 Å². The van der Waals surface area contributed by atoms with E-state index in [-0.39, 0.29) is 29.1 Å². The maximum absolute atomic E-state index is 12.1. The van der Waals surface area contributed by atoms with Crippen LogP contribution in [0, 0.1) is 6.92 Å². The largest absolute Gasteiger partial charge is 0.325 e. The molecule has 9 heteroatoms. The Hall–Kier alpha value is -1.87. The van der Waals surface area contributed by atoms with Gasteiger partial charge >= 0.3 is 0 Å². The molecular weight excluding hydrogens is 360 g/mol. The van der Waals surface area contributed by atoms with Crippen LogP contribution in [0.2, 0.25) is 0 Å². The van der Waals surface area contributed by atoms with E-state index in [2.05, 4.69) is 15.5 Å². The molecule has 1 fully saturated rings. The number of aryl methyl sites for hydroxylation is 1. The van der Waals surface area contributed by atoms with Crippen molar-refractivity contribution in [1.82, 2.24) is 14.8 Å². The van der Waals surface area contributed by atoms with Gasteiger partial charge in [-0.25, -0.2) is 8.42 Å². The van der Waals surface area contributed by atoms with E-state index < -0.39 is 9.84 Å². The Kier molecular flexibility index (Phi) is 5.14. The van der Waals surface area contributed by atoms with Crippen LogP contribution in [0.25, 0.3) is 0 Å². The van der Waals surface area contributed by atoms with Gasteiger partial charge in [-0.3, -0.25) is 4.79 Å². The predicted octanol–water partition coefficient (Wildman–Crippen LogP) is 1.76. The predicted molar refractivity (Wildman–Crippen MR) is 97.5 cm³/mol. The lowest BCUT2D eigenvalue weighted by Crippen LogP contribution is -2.15. The van der Waals surface area contributed by atoms with E-state index >= 15 is 0 Å². The first kappa shape index (κ1) is 17.9. The van der Waals surface area contributed by atoms with Crippen LogP contribution in [0.4, 0.5) is 5.69 Å². The smallest absolute Gasteiger partial charge is 0.234 e. The van der Waals surface area contributed by atoms with Crippen molar-refractivity contribution < 1.29 is 13.2 Å². The van der Waals surface area contributed by atoms with Crippen LogP contribution < -0.4 is 5.32 Å². The van der Waals surface area contributed by atoms with Gasteiger partial charge in [-0.1, -0.05) is 30.0 Å². The van der Waals surface area contributed by atoms with E-state index in [1.54, 1.807) is 4.57 Å². The van der Waals surface area contributed by atoms with Gasteiger partial charge < -0.3 is 9.88 Å². The van der Waals surface area contributed by atoms with Crippen molar-refractivity contribution >= 4 is 33.2 Å². The lowest BCUT2D eigenvalue weighted by atomic mass is 10.1. The summed E-state index contributed by atoms with van der Waals surface area (Å²) in [7, 11) is -1.16. The van der Waals surface area contributed by atoms with Gasteiger partial charge in [-0.05, 0) is 25.0 Å². The number of benzene rings is 1. The van der Waals surface area contributed by atoms with E-state index in [0.717, 1.165) is 11.3 Å². The van der Waals surface area contributed by atoms with Crippen LogP contribution in [-0.2, 0) is 21.7 Å². The highest BCUT2D eigenvalue weighted by Crippen LogP contribution is 2.29. The minimum Gasteiger partial charge on any atom is -0.325 e. The molecule has 1 aromatic heterocycles. The zero-order chi connectivity index (χ0) is 18.0. The maximum atomic E-state index is 12.1. The number of rotatable bonds is 5.